The van der Waals surface area contributed by atoms with Crippen molar-refractivity contribution in [2.75, 3.05) is 0 Å². The maximum absolute atomic E-state index is 6.71. The van der Waals surface area contributed by atoms with Crippen LogP contribution in [0, 0.1) is 5.41 Å². The van der Waals surface area contributed by atoms with Gasteiger partial charge in [-0.05, 0) is 6.92 Å². The van der Waals surface area contributed by atoms with Gasteiger partial charge in [0, 0.05) is 0 Å². The van der Waals surface area contributed by atoms with Crippen LogP contribution >= 0.6 is 0 Å². The maximum Gasteiger partial charge on any atom is 0.116 e. The molecule has 1 fully saturated rings. The molecule has 1 rings (SSSR count). The van der Waals surface area contributed by atoms with E-state index >= 15 is 0 Å². The van der Waals surface area contributed by atoms with Gasteiger partial charge in [0.15, 0.2) is 0 Å². The van der Waals surface area contributed by atoms with Crippen molar-refractivity contribution in [3.05, 3.63) is 0 Å². The largest absolute Gasteiger partial charge is 0.363 e. The van der Waals surface area contributed by atoms with E-state index in [1.165, 1.54) is 0 Å². The summed E-state index contributed by atoms with van der Waals surface area (Å²) in [6, 6.07) is 0.384. The average Bonchev–Trinajstić information content (AvgIpc) is 1.79. The predicted molar refractivity (Wildman–Crippen MR) is 20.3 cm³/mol. The number of rotatable bonds is 0. The van der Waals surface area contributed by atoms with Crippen molar-refractivity contribution in [2.45, 2.75) is 13.0 Å². The third kappa shape index (κ3) is 0.251. The smallest absolute Gasteiger partial charge is 0.116 e. The lowest BCUT2D eigenvalue weighted by atomic mass is 10.5. The third-order valence-corrected chi connectivity index (χ3v) is 0.722. The Kier molecular flexibility index (Phi) is 0.272. The van der Waals surface area contributed by atoms with Crippen LogP contribution in [0.1, 0.15) is 6.92 Å². The van der Waals surface area contributed by atoms with Crippen molar-refractivity contribution in [3.63, 3.8) is 0 Å². The average molecular weight is 70.1 g/mol. The Bertz CT molecular complexity index is 67.3. The molecule has 0 aromatic rings. The molecule has 0 aromatic heterocycles. The Balaban J connectivity index is 2.47. The lowest BCUT2D eigenvalue weighted by Crippen LogP contribution is -1.73. The molecular weight excluding hydrogens is 64.0 g/mol. The fraction of sp³-hybridized carbons (Fsp3) is 0.667. The molecule has 1 saturated heterocycles. The second-order valence-electron chi connectivity index (χ2n) is 1.28. The minimum Gasteiger partial charge on any atom is -0.363 e. The Morgan fingerprint density at radius 3 is 2.20 bits per heavy atom. The molecule has 2 nitrogen and oxygen atoms in total. The first-order valence-corrected chi connectivity index (χ1v) is 1.65. The molecule has 0 aliphatic carbocycles. The van der Waals surface area contributed by atoms with Gasteiger partial charge in [-0.3, -0.25) is 5.41 Å². The molecule has 2 N–H and O–H groups in total. The monoisotopic (exact) mass is 70.1 g/mol. The Labute approximate surface area is 30.7 Å². The molecule has 2 heteroatoms. The van der Waals surface area contributed by atoms with Crippen LogP contribution in [0.2, 0.25) is 0 Å². The Morgan fingerprint density at radius 1 is 2.00 bits per heavy atom. The highest BCUT2D eigenvalue weighted by molar-refractivity contribution is 5.98. The summed E-state index contributed by atoms with van der Waals surface area (Å²) in [4.78, 5) is 0. The highest BCUT2D eigenvalue weighted by atomic mass is 15.1. The minimum absolute atomic E-state index is 0.384. The van der Waals surface area contributed by atoms with E-state index in [4.69, 9.17) is 5.41 Å². The van der Waals surface area contributed by atoms with E-state index in [-0.39, 0.29) is 0 Å². The number of amidine groups is 1. The second kappa shape index (κ2) is 0.506. The summed E-state index contributed by atoms with van der Waals surface area (Å²) in [6.07, 6.45) is 0. The normalized spacial score (nSPS) is 33.0. The van der Waals surface area contributed by atoms with Gasteiger partial charge in [-0.25, -0.2) is 0 Å². The van der Waals surface area contributed by atoms with Gasteiger partial charge in [-0.2, -0.15) is 0 Å². The zero-order valence-corrected chi connectivity index (χ0v) is 3.08. The maximum atomic E-state index is 6.71. The fourth-order valence-corrected chi connectivity index (χ4v) is 0.192. The molecule has 1 unspecified atom stereocenters. The standard InChI is InChI=1S/C3H6N2/c1-2-3(4)5-2/h2H,1H3,(H2,4,5). The SMILES string of the molecule is CC1NC1=N. The molecule has 0 saturated carbocycles. The summed E-state index contributed by atoms with van der Waals surface area (Å²) in [5.74, 6) is 0.671. The summed E-state index contributed by atoms with van der Waals surface area (Å²) in [7, 11) is 0. The molecule has 1 aliphatic rings. The van der Waals surface area contributed by atoms with Gasteiger partial charge >= 0.3 is 0 Å². The summed E-state index contributed by atoms with van der Waals surface area (Å²) < 4.78 is 0. The molecule has 1 aliphatic heterocycles. The van der Waals surface area contributed by atoms with Crippen LogP contribution < -0.4 is 5.32 Å². The van der Waals surface area contributed by atoms with Gasteiger partial charge < -0.3 is 5.32 Å². The van der Waals surface area contributed by atoms with Crippen molar-refractivity contribution in [2.24, 2.45) is 0 Å². The lowest BCUT2D eigenvalue weighted by molar-refractivity contribution is 1.09. The highest BCUT2D eigenvalue weighted by Gasteiger charge is 2.21. The van der Waals surface area contributed by atoms with Gasteiger partial charge in [-0.1, -0.05) is 0 Å². The topological polar surface area (TPSA) is 45.8 Å². The summed E-state index contributed by atoms with van der Waals surface area (Å²) in [5.41, 5.74) is 0. The molecule has 1 atom stereocenters. The molecule has 5 heavy (non-hydrogen) atoms. The Morgan fingerprint density at radius 2 is 2.20 bits per heavy atom. The van der Waals surface area contributed by atoms with Crippen LogP contribution in [0.15, 0.2) is 0 Å². The second-order valence-corrected chi connectivity index (χ2v) is 1.28. The van der Waals surface area contributed by atoms with E-state index in [0.29, 0.717) is 11.9 Å². The number of hydrogen-bond acceptors (Lipinski definition) is 1. The van der Waals surface area contributed by atoms with Crippen LogP contribution in [0.5, 0.6) is 0 Å². The van der Waals surface area contributed by atoms with Gasteiger partial charge in [0.1, 0.15) is 5.84 Å². The van der Waals surface area contributed by atoms with E-state index in [1.54, 1.807) is 0 Å². The van der Waals surface area contributed by atoms with E-state index < -0.39 is 0 Å². The van der Waals surface area contributed by atoms with Crippen molar-refractivity contribution >= 4 is 5.84 Å². The summed E-state index contributed by atoms with van der Waals surface area (Å²) in [6.45, 7) is 1.96. The first-order chi connectivity index (χ1) is 2.30. The van der Waals surface area contributed by atoms with Gasteiger partial charge in [-0.15, -0.1) is 0 Å². The fourth-order valence-electron chi connectivity index (χ4n) is 0.192. The summed E-state index contributed by atoms with van der Waals surface area (Å²) in [5, 5.41) is 9.48. The van der Waals surface area contributed by atoms with Gasteiger partial charge in [0.2, 0.25) is 0 Å². The molecule has 1 heterocycles. The third-order valence-electron chi connectivity index (χ3n) is 0.722. The van der Waals surface area contributed by atoms with Crippen LogP contribution in [-0.2, 0) is 0 Å². The minimum atomic E-state index is 0.384. The van der Waals surface area contributed by atoms with E-state index in [2.05, 4.69) is 5.32 Å². The number of hydrogen-bond donors (Lipinski definition) is 2. The molecule has 0 amide bonds. The molecule has 0 bridgehead atoms. The van der Waals surface area contributed by atoms with Crippen molar-refractivity contribution < 1.29 is 0 Å². The predicted octanol–water partition coefficient (Wildman–Crippen LogP) is -0.0446. The van der Waals surface area contributed by atoms with E-state index in [1.807, 2.05) is 6.92 Å². The summed E-state index contributed by atoms with van der Waals surface area (Å²) >= 11 is 0. The lowest BCUT2D eigenvalue weighted by Gasteiger charge is -1.51. The highest BCUT2D eigenvalue weighted by Crippen LogP contribution is 1.94. The van der Waals surface area contributed by atoms with Crippen molar-refractivity contribution in [1.82, 2.24) is 5.32 Å². The van der Waals surface area contributed by atoms with E-state index in [9.17, 15) is 0 Å². The van der Waals surface area contributed by atoms with Crippen LogP contribution in [0.25, 0.3) is 0 Å². The molecule has 0 spiro atoms. The van der Waals surface area contributed by atoms with Crippen LogP contribution in [0.4, 0.5) is 0 Å². The molecular formula is C3H6N2. The molecule has 0 aromatic carbocycles. The first-order valence-electron chi connectivity index (χ1n) is 1.65. The van der Waals surface area contributed by atoms with Gasteiger partial charge in [0.05, 0.1) is 6.04 Å². The van der Waals surface area contributed by atoms with Crippen molar-refractivity contribution in [3.8, 4) is 0 Å². The van der Waals surface area contributed by atoms with Crippen molar-refractivity contribution in [1.29, 1.82) is 5.41 Å². The number of nitrogens with one attached hydrogen (secondary N) is 2. The quantitative estimate of drug-likeness (QED) is 0.386. The zero-order valence-electron chi connectivity index (χ0n) is 3.08. The van der Waals surface area contributed by atoms with Crippen LogP contribution in [0.3, 0.4) is 0 Å². The molecule has 0 radical (unpaired) electrons. The van der Waals surface area contributed by atoms with E-state index in [0.717, 1.165) is 0 Å². The molecule has 28 valence electrons. The zero-order chi connectivity index (χ0) is 3.86. The van der Waals surface area contributed by atoms with Crippen LogP contribution in [-0.4, -0.2) is 11.9 Å². The van der Waals surface area contributed by atoms with Gasteiger partial charge in [0.25, 0.3) is 0 Å². The Hall–Kier alpha value is -0.530. The first kappa shape index (κ1) is 2.69.